The lowest BCUT2D eigenvalue weighted by atomic mass is 10.1. The fourth-order valence-electron chi connectivity index (χ4n) is 1.80. The maximum Gasteiger partial charge on any atom is 0.272 e. The number of nitrogens with zero attached hydrogens (tertiary/aromatic N) is 2. The van der Waals surface area contributed by atoms with Crippen LogP contribution in [-0.2, 0) is 0 Å². The van der Waals surface area contributed by atoms with Gasteiger partial charge in [-0.15, -0.1) is 0 Å². The van der Waals surface area contributed by atoms with Gasteiger partial charge in [0, 0.05) is 19.6 Å². The van der Waals surface area contributed by atoms with E-state index in [1.807, 2.05) is 19.9 Å². The average molecular weight is 263 g/mol. The standard InChI is InChI=1S/C15H25N3O/c1-5-18(6-2)15(19)14-8-7-13(11-17-14)16-10-9-12(3)4/h7-8,11-12,16H,5-6,9-10H2,1-4H3. The predicted molar refractivity (Wildman–Crippen MR) is 79.4 cm³/mol. The summed E-state index contributed by atoms with van der Waals surface area (Å²) < 4.78 is 0. The largest absolute Gasteiger partial charge is 0.384 e. The summed E-state index contributed by atoms with van der Waals surface area (Å²) in [5, 5.41) is 3.31. The fraction of sp³-hybridized carbons (Fsp3) is 0.600. The summed E-state index contributed by atoms with van der Waals surface area (Å²) >= 11 is 0. The van der Waals surface area contributed by atoms with Crippen molar-refractivity contribution < 1.29 is 4.79 Å². The van der Waals surface area contributed by atoms with Crippen LogP contribution in [0.2, 0.25) is 0 Å². The van der Waals surface area contributed by atoms with Crippen molar-refractivity contribution >= 4 is 11.6 Å². The molecule has 106 valence electrons. The first kappa shape index (κ1) is 15.5. The maximum atomic E-state index is 12.1. The number of anilines is 1. The predicted octanol–water partition coefficient (Wildman–Crippen LogP) is 3.02. The van der Waals surface area contributed by atoms with Crippen molar-refractivity contribution in [3.63, 3.8) is 0 Å². The van der Waals surface area contributed by atoms with Gasteiger partial charge in [-0.25, -0.2) is 4.98 Å². The molecule has 0 atom stereocenters. The molecule has 0 saturated heterocycles. The molecule has 1 aromatic rings. The van der Waals surface area contributed by atoms with Crippen LogP contribution in [0.3, 0.4) is 0 Å². The van der Waals surface area contributed by atoms with E-state index in [2.05, 4.69) is 24.1 Å². The molecule has 0 radical (unpaired) electrons. The molecule has 4 nitrogen and oxygen atoms in total. The van der Waals surface area contributed by atoms with Gasteiger partial charge in [0.15, 0.2) is 0 Å². The van der Waals surface area contributed by atoms with Gasteiger partial charge in [0.2, 0.25) is 0 Å². The van der Waals surface area contributed by atoms with Gasteiger partial charge in [0.05, 0.1) is 11.9 Å². The zero-order valence-corrected chi connectivity index (χ0v) is 12.4. The second kappa shape index (κ2) is 7.77. The fourth-order valence-corrected chi connectivity index (χ4v) is 1.80. The van der Waals surface area contributed by atoms with E-state index in [9.17, 15) is 4.79 Å². The average Bonchev–Trinajstić information content (AvgIpc) is 2.40. The first-order valence-corrected chi connectivity index (χ1v) is 7.07. The summed E-state index contributed by atoms with van der Waals surface area (Å²) in [6.07, 6.45) is 2.86. The molecule has 0 spiro atoms. The van der Waals surface area contributed by atoms with E-state index in [0.717, 1.165) is 18.7 Å². The molecule has 1 rings (SSSR count). The molecule has 1 aromatic heterocycles. The first-order chi connectivity index (χ1) is 9.08. The highest BCUT2D eigenvalue weighted by molar-refractivity contribution is 5.92. The van der Waals surface area contributed by atoms with Crippen molar-refractivity contribution in [1.29, 1.82) is 0 Å². The van der Waals surface area contributed by atoms with Gasteiger partial charge >= 0.3 is 0 Å². The summed E-state index contributed by atoms with van der Waals surface area (Å²) in [5.41, 5.74) is 1.48. The second-order valence-electron chi connectivity index (χ2n) is 5.02. The maximum absolute atomic E-state index is 12.1. The third kappa shape index (κ3) is 4.89. The Morgan fingerprint density at radius 3 is 2.47 bits per heavy atom. The van der Waals surface area contributed by atoms with E-state index in [4.69, 9.17) is 0 Å². The van der Waals surface area contributed by atoms with Crippen LogP contribution < -0.4 is 5.32 Å². The van der Waals surface area contributed by atoms with Crippen LogP contribution in [0.1, 0.15) is 44.6 Å². The third-order valence-electron chi connectivity index (χ3n) is 3.08. The summed E-state index contributed by atoms with van der Waals surface area (Å²) in [4.78, 5) is 18.1. The number of hydrogen-bond acceptors (Lipinski definition) is 3. The topological polar surface area (TPSA) is 45.2 Å². The Hall–Kier alpha value is -1.58. The zero-order chi connectivity index (χ0) is 14.3. The molecule has 19 heavy (non-hydrogen) atoms. The number of pyridine rings is 1. The van der Waals surface area contributed by atoms with Crippen molar-refractivity contribution in [2.75, 3.05) is 25.0 Å². The minimum Gasteiger partial charge on any atom is -0.384 e. The van der Waals surface area contributed by atoms with Crippen LogP contribution in [0.25, 0.3) is 0 Å². The first-order valence-electron chi connectivity index (χ1n) is 7.07. The number of nitrogens with one attached hydrogen (secondary N) is 1. The van der Waals surface area contributed by atoms with Gasteiger partial charge in [-0.3, -0.25) is 4.79 Å². The highest BCUT2D eigenvalue weighted by Crippen LogP contribution is 2.09. The highest BCUT2D eigenvalue weighted by atomic mass is 16.2. The SMILES string of the molecule is CCN(CC)C(=O)c1ccc(NCCC(C)C)cn1. The van der Waals surface area contributed by atoms with Crippen molar-refractivity contribution in [3.05, 3.63) is 24.0 Å². The Morgan fingerprint density at radius 2 is 2.00 bits per heavy atom. The Labute approximate surface area is 116 Å². The lowest BCUT2D eigenvalue weighted by Gasteiger charge is -2.18. The Balaban J connectivity index is 2.58. The molecule has 0 aromatic carbocycles. The third-order valence-corrected chi connectivity index (χ3v) is 3.08. The van der Waals surface area contributed by atoms with Crippen LogP contribution in [0.15, 0.2) is 18.3 Å². The van der Waals surface area contributed by atoms with E-state index < -0.39 is 0 Å². The number of carbonyl (C=O) groups excluding carboxylic acids is 1. The van der Waals surface area contributed by atoms with Gasteiger partial charge < -0.3 is 10.2 Å². The van der Waals surface area contributed by atoms with Gasteiger partial charge in [-0.2, -0.15) is 0 Å². The van der Waals surface area contributed by atoms with Crippen molar-refractivity contribution in [2.45, 2.75) is 34.1 Å². The van der Waals surface area contributed by atoms with Gasteiger partial charge in [0.1, 0.15) is 5.69 Å². The van der Waals surface area contributed by atoms with Crippen molar-refractivity contribution in [2.24, 2.45) is 5.92 Å². The molecule has 1 N–H and O–H groups in total. The van der Waals surface area contributed by atoms with Gasteiger partial charge in [0.25, 0.3) is 5.91 Å². The molecule has 1 amide bonds. The molecule has 0 saturated carbocycles. The van der Waals surface area contributed by atoms with E-state index in [1.165, 1.54) is 0 Å². The lowest BCUT2D eigenvalue weighted by molar-refractivity contribution is 0.0767. The molecule has 0 fully saturated rings. The summed E-state index contributed by atoms with van der Waals surface area (Å²) in [7, 11) is 0. The smallest absolute Gasteiger partial charge is 0.272 e. The number of aromatic nitrogens is 1. The Kier molecular flexibility index (Phi) is 6.33. The van der Waals surface area contributed by atoms with Gasteiger partial charge in [-0.05, 0) is 38.3 Å². The number of carbonyl (C=O) groups is 1. The van der Waals surface area contributed by atoms with Crippen LogP contribution >= 0.6 is 0 Å². The van der Waals surface area contributed by atoms with E-state index >= 15 is 0 Å². The quantitative estimate of drug-likeness (QED) is 0.822. The summed E-state index contributed by atoms with van der Waals surface area (Å²) in [6, 6.07) is 3.71. The van der Waals surface area contributed by atoms with E-state index in [1.54, 1.807) is 17.2 Å². The Morgan fingerprint density at radius 1 is 1.32 bits per heavy atom. The molecule has 0 bridgehead atoms. The molecular weight excluding hydrogens is 238 g/mol. The molecular formula is C15H25N3O. The molecule has 0 aliphatic rings. The van der Waals surface area contributed by atoms with E-state index in [-0.39, 0.29) is 5.91 Å². The minimum atomic E-state index is -0.00118. The van der Waals surface area contributed by atoms with Gasteiger partial charge in [-0.1, -0.05) is 13.8 Å². The summed E-state index contributed by atoms with van der Waals surface area (Å²) in [5.74, 6) is 0.683. The number of rotatable bonds is 7. The Bertz CT molecular complexity index is 383. The summed E-state index contributed by atoms with van der Waals surface area (Å²) in [6.45, 7) is 10.7. The lowest BCUT2D eigenvalue weighted by Crippen LogP contribution is -2.31. The molecule has 0 aliphatic heterocycles. The number of amides is 1. The number of hydrogen-bond donors (Lipinski definition) is 1. The highest BCUT2D eigenvalue weighted by Gasteiger charge is 2.13. The minimum absolute atomic E-state index is 0.00118. The van der Waals surface area contributed by atoms with Crippen LogP contribution in [0.4, 0.5) is 5.69 Å². The van der Waals surface area contributed by atoms with Crippen LogP contribution in [0.5, 0.6) is 0 Å². The van der Waals surface area contributed by atoms with Crippen molar-refractivity contribution in [1.82, 2.24) is 9.88 Å². The van der Waals surface area contributed by atoms with Crippen molar-refractivity contribution in [3.8, 4) is 0 Å². The normalized spacial score (nSPS) is 10.6. The molecule has 0 unspecified atom stereocenters. The molecule has 1 heterocycles. The van der Waals surface area contributed by atoms with E-state index in [0.29, 0.717) is 24.7 Å². The van der Waals surface area contributed by atoms with Crippen LogP contribution in [-0.4, -0.2) is 35.4 Å². The molecule has 0 aliphatic carbocycles. The monoisotopic (exact) mass is 263 g/mol. The molecule has 4 heteroatoms. The zero-order valence-electron chi connectivity index (χ0n) is 12.4. The second-order valence-corrected chi connectivity index (χ2v) is 5.02. The van der Waals surface area contributed by atoms with Crippen LogP contribution in [0, 0.1) is 5.92 Å².